The molecule has 1 N–H and O–H groups in total. The molecule has 0 spiro atoms. The summed E-state index contributed by atoms with van der Waals surface area (Å²) < 4.78 is 11.0. The third-order valence-corrected chi connectivity index (χ3v) is 3.30. The Morgan fingerprint density at radius 2 is 2.10 bits per heavy atom. The highest BCUT2D eigenvalue weighted by Crippen LogP contribution is 2.17. The largest absolute Gasteiger partial charge is 0.492 e. The molecule has 2 rings (SSSR count). The minimum atomic E-state index is 0.678. The van der Waals surface area contributed by atoms with Gasteiger partial charge >= 0.3 is 0 Å². The fourth-order valence-corrected chi connectivity index (χ4v) is 2.14. The van der Waals surface area contributed by atoms with Crippen LogP contribution in [-0.2, 0) is 13.1 Å². The first-order chi connectivity index (χ1) is 10.3. The van der Waals surface area contributed by atoms with Crippen molar-refractivity contribution in [3.05, 3.63) is 54.0 Å². The lowest BCUT2D eigenvalue weighted by Crippen LogP contribution is -2.24. The molecule has 4 nitrogen and oxygen atoms in total. The molecule has 0 atom stereocenters. The number of para-hydroxylation sites is 1. The lowest BCUT2D eigenvalue weighted by atomic mass is 10.2. The molecule has 0 fully saturated rings. The van der Waals surface area contributed by atoms with Crippen molar-refractivity contribution in [2.75, 3.05) is 26.7 Å². The molecule has 1 aromatic carbocycles. The zero-order valence-electron chi connectivity index (χ0n) is 12.8. The molecule has 0 aliphatic heterocycles. The first-order valence-electron chi connectivity index (χ1n) is 7.40. The second-order valence-electron chi connectivity index (χ2n) is 5.11. The van der Waals surface area contributed by atoms with Crippen LogP contribution in [-0.4, -0.2) is 31.6 Å². The Hall–Kier alpha value is -1.78. The third kappa shape index (κ3) is 5.25. The molecule has 4 heteroatoms. The van der Waals surface area contributed by atoms with Gasteiger partial charge in [-0.2, -0.15) is 0 Å². The SMILES string of the molecule is CCNCc1ccccc1OCCN(C)Cc1ccoc1. The van der Waals surface area contributed by atoms with Crippen molar-refractivity contribution >= 4 is 0 Å². The van der Waals surface area contributed by atoms with E-state index < -0.39 is 0 Å². The maximum Gasteiger partial charge on any atom is 0.123 e. The Morgan fingerprint density at radius 3 is 2.86 bits per heavy atom. The van der Waals surface area contributed by atoms with Gasteiger partial charge in [0.25, 0.3) is 0 Å². The average Bonchev–Trinajstić information content (AvgIpc) is 2.99. The molecular weight excluding hydrogens is 264 g/mol. The van der Waals surface area contributed by atoms with Crippen LogP contribution in [0.5, 0.6) is 5.75 Å². The lowest BCUT2D eigenvalue weighted by Gasteiger charge is -2.17. The minimum Gasteiger partial charge on any atom is -0.492 e. The quantitative estimate of drug-likeness (QED) is 0.770. The summed E-state index contributed by atoms with van der Waals surface area (Å²) in [5.41, 5.74) is 2.39. The molecule has 0 amide bonds. The molecule has 114 valence electrons. The summed E-state index contributed by atoms with van der Waals surface area (Å²) in [5.74, 6) is 0.968. The Labute approximate surface area is 126 Å². The van der Waals surface area contributed by atoms with E-state index in [9.17, 15) is 0 Å². The molecular formula is C17H24N2O2. The fraction of sp³-hybridized carbons (Fsp3) is 0.412. The first-order valence-corrected chi connectivity index (χ1v) is 7.40. The number of nitrogens with zero attached hydrogens (tertiary/aromatic N) is 1. The number of nitrogens with one attached hydrogen (secondary N) is 1. The van der Waals surface area contributed by atoms with E-state index >= 15 is 0 Å². The highest BCUT2D eigenvalue weighted by Gasteiger charge is 2.04. The third-order valence-electron chi connectivity index (χ3n) is 3.30. The van der Waals surface area contributed by atoms with Crippen molar-refractivity contribution in [2.24, 2.45) is 0 Å². The van der Waals surface area contributed by atoms with Crippen LogP contribution >= 0.6 is 0 Å². The van der Waals surface area contributed by atoms with Crippen LogP contribution in [0.2, 0.25) is 0 Å². The van der Waals surface area contributed by atoms with Crippen LogP contribution in [0.25, 0.3) is 0 Å². The van der Waals surface area contributed by atoms with Crippen molar-refractivity contribution in [3.8, 4) is 5.75 Å². The molecule has 0 radical (unpaired) electrons. The Bertz CT molecular complexity index is 511. The van der Waals surface area contributed by atoms with Gasteiger partial charge in [-0.3, -0.25) is 4.90 Å². The lowest BCUT2D eigenvalue weighted by molar-refractivity contribution is 0.231. The summed E-state index contributed by atoms with van der Waals surface area (Å²) in [7, 11) is 2.08. The van der Waals surface area contributed by atoms with Gasteiger partial charge in [0.2, 0.25) is 0 Å². The topological polar surface area (TPSA) is 37.6 Å². The van der Waals surface area contributed by atoms with Gasteiger partial charge < -0.3 is 14.5 Å². The second-order valence-corrected chi connectivity index (χ2v) is 5.11. The molecule has 0 unspecified atom stereocenters. The van der Waals surface area contributed by atoms with Crippen LogP contribution in [0.3, 0.4) is 0 Å². The zero-order chi connectivity index (χ0) is 14.9. The highest BCUT2D eigenvalue weighted by molar-refractivity contribution is 5.33. The summed E-state index contributed by atoms with van der Waals surface area (Å²) in [5, 5.41) is 3.33. The molecule has 1 heterocycles. The summed E-state index contributed by atoms with van der Waals surface area (Å²) in [6.07, 6.45) is 3.49. The molecule has 0 aliphatic carbocycles. The van der Waals surface area contributed by atoms with E-state index in [1.807, 2.05) is 24.3 Å². The van der Waals surface area contributed by atoms with E-state index in [1.165, 1.54) is 11.1 Å². The number of hydrogen-bond donors (Lipinski definition) is 1. The number of rotatable bonds is 9. The number of ether oxygens (including phenoxy) is 1. The van der Waals surface area contributed by atoms with E-state index in [4.69, 9.17) is 9.15 Å². The molecule has 0 bridgehead atoms. The number of furan rings is 1. The summed E-state index contributed by atoms with van der Waals surface area (Å²) in [6.45, 7) is 6.34. The first kappa shape index (κ1) is 15.6. The van der Waals surface area contributed by atoms with Gasteiger partial charge in [0, 0.05) is 30.8 Å². The Morgan fingerprint density at radius 1 is 1.24 bits per heavy atom. The van der Waals surface area contributed by atoms with Crippen LogP contribution in [0.15, 0.2) is 47.3 Å². The monoisotopic (exact) mass is 288 g/mol. The maximum absolute atomic E-state index is 5.92. The molecule has 0 saturated carbocycles. The smallest absolute Gasteiger partial charge is 0.123 e. The molecule has 21 heavy (non-hydrogen) atoms. The van der Waals surface area contributed by atoms with Crippen LogP contribution in [0.1, 0.15) is 18.1 Å². The van der Waals surface area contributed by atoms with Gasteiger partial charge in [0.05, 0.1) is 12.5 Å². The van der Waals surface area contributed by atoms with Crippen molar-refractivity contribution < 1.29 is 9.15 Å². The molecule has 0 aliphatic rings. The molecule has 1 aromatic heterocycles. The van der Waals surface area contributed by atoms with Crippen molar-refractivity contribution in [2.45, 2.75) is 20.0 Å². The van der Waals surface area contributed by atoms with Gasteiger partial charge in [0.1, 0.15) is 12.4 Å². The average molecular weight is 288 g/mol. The van der Waals surface area contributed by atoms with E-state index in [1.54, 1.807) is 12.5 Å². The molecule has 2 aromatic rings. The Balaban J connectivity index is 1.77. The van der Waals surface area contributed by atoms with Crippen LogP contribution < -0.4 is 10.1 Å². The summed E-state index contributed by atoms with van der Waals surface area (Å²) in [6, 6.07) is 10.2. The number of hydrogen-bond acceptors (Lipinski definition) is 4. The van der Waals surface area contributed by atoms with Crippen molar-refractivity contribution in [3.63, 3.8) is 0 Å². The maximum atomic E-state index is 5.92. The van der Waals surface area contributed by atoms with Gasteiger partial charge in [-0.25, -0.2) is 0 Å². The number of likely N-dealkylation sites (N-methyl/N-ethyl adjacent to an activating group) is 1. The predicted octanol–water partition coefficient (Wildman–Crippen LogP) is 2.90. The second kappa shape index (κ2) is 8.49. The summed E-state index contributed by atoms with van der Waals surface area (Å²) in [4.78, 5) is 2.22. The normalized spacial score (nSPS) is 11.0. The van der Waals surface area contributed by atoms with Gasteiger partial charge in [0.15, 0.2) is 0 Å². The minimum absolute atomic E-state index is 0.678. The van der Waals surface area contributed by atoms with Crippen molar-refractivity contribution in [1.29, 1.82) is 0 Å². The van der Waals surface area contributed by atoms with Crippen LogP contribution in [0, 0.1) is 0 Å². The standard InChI is InChI=1S/C17H24N2O2/c1-3-18-12-16-6-4-5-7-17(16)21-11-9-19(2)13-15-8-10-20-14-15/h4-8,10,14,18H,3,9,11-13H2,1-2H3. The van der Waals surface area contributed by atoms with Gasteiger partial charge in [-0.15, -0.1) is 0 Å². The van der Waals surface area contributed by atoms with Gasteiger partial charge in [-0.05, 0) is 25.7 Å². The van der Waals surface area contributed by atoms with Crippen LogP contribution in [0.4, 0.5) is 0 Å². The van der Waals surface area contributed by atoms with E-state index in [2.05, 4.69) is 30.3 Å². The van der Waals surface area contributed by atoms with E-state index in [0.717, 1.165) is 31.9 Å². The Kier molecular flexibility index (Phi) is 6.31. The van der Waals surface area contributed by atoms with E-state index in [-0.39, 0.29) is 0 Å². The van der Waals surface area contributed by atoms with Gasteiger partial charge in [-0.1, -0.05) is 25.1 Å². The molecule has 0 saturated heterocycles. The zero-order valence-corrected chi connectivity index (χ0v) is 12.8. The predicted molar refractivity (Wildman–Crippen MR) is 84.4 cm³/mol. The highest BCUT2D eigenvalue weighted by atomic mass is 16.5. The number of benzene rings is 1. The fourth-order valence-electron chi connectivity index (χ4n) is 2.14. The van der Waals surface area contributed by atoms with E-state index in [0.29, 0.717) is 6.61 Å². The summed E-state index contributed by atoms with van der Waals surface area (Å²) >= 11 is 0. The van der Waals surface area contributed by atoms with Crippen molar-refractivity contribution in [1.82, 2.24) is 10.2 Å².